The zero-order valence-corrected chi connectivity index (χ0v) is 8.64. The van der Waals surface area contributed by atoms with E-state index in [4.69, 9.17) is 7.85 Å². The van der Waals surface area contributed by atoms with Crippen molar-refractivity contribution in [3.8, 4) is 0 Å². The molecule has 0 aliphatic rings. The first-order valence-corrected chi connectivity index (χ1v) is 5.30. The molecule has 0 heterocycles. The van der Waals surface area contributed by atoms with Crippen LogP contribution in [0.3, 0.4) is 0 Å². The molecule has 6 heteroatoms. The van der Waals surface area contributed by atoms with Gasteiger partial charge in [0.15, 0.2) is 9.84 Å². The van der Waals surface area contributed by atoms with Crippen LogP contribution in [-0.4, -0.2) is 33.0 Å². The van der Waals surface area contributed by atoms with E-state index in [2.05, 4.69) is 0 Å². The second-order valence-electron chi connectivity index (χ2n) is 2.48. The maximum atomic E-state index is 11.3. The molecule has 0 unspecified atom stereocenters. The monoisotopic (exact) mass is 216 g/mol. The summed E-state index contributed by atoms with van der Waals surface area (Å²) in [5.74, 6) is 0.108. The van der Waals surface area contributed by atoms with Crippen molar-refractivity contribution >= 4 is 23.1 Å². The van der Waals surface area contributed by atoms with Gasteiger partial charge in [0, 0.05) is 0 Å². The molecular weight excluding hydrogens is 203 g/mol. The van der Waals surface area contributed by atoms with Crippen molar-refractivity contribution in [3.05, 3.63) is 24.3 Å². The van der Waals surface area contributed by atoms with Gasteiger partial charge in [-0.05, 0) is 6.07 Å². The highest BCUT2D eigenvalue weighted by molar-refractivity contribution is 7.91. The van der Waals surface area contributed by atoms with Crippen molar-refractivity contribution < 1.29 is 19.4 Å². The Hall–Kier alpha value is -0.845. The van der Waals surface area contributed by atoms with Crippen molar-refractivity contribution in [1.82, 2.24) is 0 Å². The molecule has 0 atom stereocenters. The highest BCUT2D eigenvalue weighted by Gasteiger charge is 2.09. The summed E-state index contributed by atoms with van der Waals surface area (Å²) in [6.07, 6.45) is 0. The Morgan fingerprint density at radius 2 is 1.86 bits per heavy atom. The van der Waals surface area contributed by atoms with Crippen LogP contribution in [0.2, 0.25) is 0 Å². The Bertz CT molecular complexity index is 375. The first-order valence-electron chi connectivity index (χ1n) is 3.64. The van der Waals surface area contributed by atoms with Gasteiger partial charge in [0.25, 0.3) is 0 Å². The third-order valence-electron chi connectivity index (χ3n) is 1.60. The fraction of sp³-hybridized carbons (Fsp3) is 0.250. The van der Waals surface area contributed by atoms with Crippen LogP contribution in [0.4, 0.5) is 0 Å². The molecule has 0 spiro atoms. The second kappa shape index (κ2) is 5.80. The minimum absolute atomic E-state index is 0. The molecule has 1 aromatic rings. The molecule has 0 saturated carbocycles. The van der Waals surface area contributed by atoms with Gasteiger partial charge in [-0.3, -0.25) is 0 Å². The third kappa shape index (κ3) is 3.49. The molecule has 4 N–H and O–H groups in total. The van der Waals surface area contributed by atoms with E-state index in [-0.39, 0.29) is 16.7 Å². The van der Waals surface area contributed by atoms with Gasteiger partial charge in [0.05, 0.1) is 10.6 Å². The normalized spacial score (nSPS) is 9.79. The molecule has 0 aliphatic carbocycles. The smallest absolute Gasteiger partial charge is 0.178 e. The Labute approximate surface area is 84.9 Å². The van der Waals surface area contributed by atoms with Crippen molar-refractivity contribution in [1.29, 1.82) is 0 Å². The second-order valence-corrected chi connectivity index (χ2v) is 4.75. The number of sulfone groups is 1. The minimum atomic E-state index is -3.10. The Balaban J connectivity index is 0. The third-order valence-corrected chi connectivity index (χ3v) is 3.33. The Morgan fingerprint density at radius 3 is 2.29 bits per heavy atom. The quantitative estimate of drug-likeness (QED) is 0.569. The molecule has 0 aliphatic heterocycles. The molecule has 0 bridgehead atoms. The van der Waals surface area contributed by atoms with Crippen LogP contribution in [0.15, 0.2) is 29.2 Å². The minimum Gasteiger partial charge on any atom is -0.412 e. The topological polar surface area (TPSA) is 97.1 Å². The lowest BCUT2D eigenvalue weighted by Crippen LogP contribution is -2.08. The van der Waals surface area contributed by atoms with Crippen molar-refractivity contribution in [2.45, 2.75) is 11.8 Å². The molecule has 4 nitrogen and oxygen atoms in total. The van der Waals surface area contributed by atoms with Crippen molar-refractivity contribution in [3.63, 3.8) is 0 Å². The van der Waals surface area contributed by atoms with E-state index in [1.54, 1.807) is 25.1 Å². The molecule has 1 rings (SSSR count). The van der Waals surface area contributed by atoms with Gasteiger partial charge >= 0.3 is 0 Å². The van der Waals surface area contributed by atoms with E-state index in [1.165, 1.54) is 6.07 Å². The Kier molecular flexibility index (Phi) is 6.47. The highest BCUT2D eigenvalue weighted by Crippen LogP contribution is 2.07. The predicted molar refractivity (Wildman–Crippen MR) is 56.8 cm³/mol. The summed E-state index contributed by atoms with van der Waals surface area (Å²) in [6.45, 7) is 1.61. The summed E-state index contributed by atoms with van der Waals surface area (Å²) in [4.78, 5) is 0.296. The van der Waals surface area contributed by atoms with Gasteiger partial charge in [0.1, 0.15) is 7.85 Å². The fourth-order valence-electron chi connectivity index (χ4n) is 0.875. The lowest BCUT2D eigenvalue weighted by atomic mass is 9.97. The lowest BCUT2D eigenvalue weighted by molar-refractivity contribution is 0.597. The summed E-state index contributed by atoms with van der Waals surface area (Å²) < 4.78 is 22.6. The summed E-state index contributed by atoms with van der Waals surface area (Å²) in [5.41, 5.74) is 0.476. The van der Waals surface area contributed by atoms with E-state index in [9.17, 15) is 8.42 Å². The van der Waals surface area contributed by atoms with Gasteiger partial charge in [-0.25, -0.2) is 8.42 Å². The van der Waals surface area contributed by atoms with E-state index in [0.717, 1.165) is 0 Å². The van der Waals surface area contributed by atoms with Crippen LogP contribution in [0.1, 0.15) is 6.92 Å². The molecule has 0 amide bonds. The first-order chi connectivity index (χ1) is 5.56. The van der Waals surface area contributed by atoms with Crippen LogP contribution >= 0.6 is 0 Å². The van der Waals surface area contributed by atoms with Crippen LogP contribution in [0.5, 0.6) is 0 Å². The molecule has 78 valence electrons. The van der Waals surface area contributed by atoms with Crippen LogP contribution in [0.25, 0.3) is 0 Å². The maximum absolute atomic E-state index is 11.3. The largest absolute Gasteiger partial charge is 0.412 e. The van der Waals surface area contributed by atoms with Crippen molar-refractivity contribution in [2.75, 3.05) is 5.75 Å². The van der Waals surface area contributed by atoms with E-state index >= 15 is 0 Å². The molecule has 14 heavy (non-hydrogen) atoms. The average molecular weight is 216 g/mol. The van der Waals surface area contributed by atoms with Crippen LogP contribution < -0.4 is 5.46 Å². The van der Waals surface area contributed by atoms with Gasteiger partial charge in [0.2, 0.25) is 0 Å². The molecule has 2 radical (unpaired) electrons. The molecular formula is C8H13BO4S. The maximum Gasteiger partial charge on any atom is 0.178 e. The van der Waals surface area contributed by atoms with E-state index in [0.29, 0.717) is 10.4 Å². The standard InChI is InChI=1S/C8H9BO2S.2H2O/c1-2-12(10,11)8-5-3-4-7(9)6-8;;/h3-6H,2H2,1H3;2*1H2. The summed E-state index contributed by atoms with van der Waals surface area (Å²) >= 11 is 0. The van der Waals surface area contributed by atoms with Crippen LogP contribution in [0, 0.1) is 0 Å². The van der Waals surface area contributed by atoms with Crippen molar-refractivity contribution in [2.24, 2.45) is 0 Å². The fourth-order valence-corrected chi connectivity index (χ4v) is 1.81. The van der Waals surface area contributed by atoms with Gasteiger partial charge in [-0.15, -0.1) is 0 Å². The molecule has 0 aromatic heterocycles. The zero-order chi connectivity index (χ0) is 9.19. The van der Waals surface area contributed by atoms with E-state index in [1.807, 2.05) is 0 Å². The Morgan fingerprint density at radius 1 is 1.29 bits per heavy atom. The summed E-state index contributed by atoms with van der Waals surface area (Å²) in [7, 11) is 2.34. The predicted octanol–water partition coefficient (Wildman–Crippen LogP) is -1.38. The first kappa shape index (κ1) is 15.6. The van der Waals surface area contributed by atoms with E-state index < -0.39 is 9.84 Å². The van der Waals surface area contributed by atoms with Crippen LogP contribution in [-0.2, 0) is 9.84 Å². The lowest BCUT2D eigenvalue weighted by Gasteiger charge is -2.01. The summed E-state index contributed by atoms with van der Waals surface area (Å²) in [5, 5.41) is 0. The number of benzene rings is 1. The zero-order valence-electron chi connectivity index (χ0n) is 7.82. The SMILES string of the molecule is O.O.[B]c1cccc(S(=O)(=O)CC)c1. The van der Waals surface area contributed by atoms with Gasteiger partial charge in [-0.1, -0.05) is 30.6 Å². The van der Waals surface area contributed by atoms with Gasteiger partial charge in [-0.2, -0.15) is 0 Å². The summed E-state index contributed by atoms with van der Waals surface area (Å²) in [6, 6.07) is 6.32. The molecule has 1 aromatic carbocycles. The van der Waals surface area contributed by atoms with Gasteiger partial charge < -0.3 is 11.0 Å². The average Bonchev–Trinajstić information content (AvgIpc) is 2.05. The number of hydrogen-bond acceptors (Lipinski definition) is 2. The number of rotatable bonds is 2. The number of hydrogen-bond donors (Lipinski definition) is 0. The molecule has 0 saturated heterocycles. The highest BCUT2D eigenvalue weighted by atomic mass is 32.2. The molecule has 0 fully saturated rings.